The monoisotopic (exact) mass is 355 g/mol. The zero-order valence-corrected chi connectivity index (χ0v) is 12.6. The summed E-state index contributed by atoms with van der Waals surface area (Å²) < 4.78 is 28.2. The lowest BCUT2D eigenvalue weighted by atomic mass is 10.1. The van der Waals surface area contributed by atoms with E-state index in [9.17, 15) is 13.6 Å². The van der Waals surface area contributed by atoms with Crippen LogP contribution in [0.5, 0.6) is 0 Å². The Bertz CT molecular complexity index is 691. The lowest BCUT2D eigenvalue weighted by molar-refractivity contribution is 0.0697. The van der Waals surface area contributed by atoms with Crippen molar-refractivity contribution in [3.63, 3.8) is 0 Å². The molecule has 0 aliphatic rings. The van der Waals surface area contributed by atoms with Gasteiger partial charge in [0.15, 0.2) is 0 Å². The Labute approximate surface area is 128 Å². The number of carboxylic acid groups (broad SMARTS) is 1. The van der Waals surface area contributed by atoms with Gasteiger partial charge in [-0.3, -0.25) is 0 Å². The highest BCUT2D eigenvalue weighted by Crippen LogP contribution is 2.26. The summed E-state index contributed by atoms with van der Waals surface area (Å²) in [5.74, 6) is -2.17. The van der Waals surface area contributed by atoms with E-state index in [1.807, 2.05) is 0 Å². The largest absolute Gasteiger partial charge is 0.478 e. The highest BCUT2D eigenvalue weighted by Gasteiger charge is 2.15. The fourth-order valence-corrected chi connectivity index (χ4v) is 2.31. The molecule has 3 nitrogen and oxygen atoms in total. The number of nitrogens with one attached hydrogen (secondary N) is 1. The normalized spacial score (nSPS) is 12.0. The SMILES string of the molecule is CC(Nc1cc(C(=O)O)ccc1F)c1cc(Br)ccc1F. The van der Waals surface area contributed by atoms with E-state index in [1.165, 1.54) is 18.2 Å². The van der Waals surface area contributed by atoms with Crippen LogP contribution in [-0.4, -0.2) is 11.1 Å². The highest BCUT2D eigenvalue weighted by molar-refractivity contribution is 9.10. The summed E-state index contributed by atoms with van der Waals surface area (Å²) in [6, 6.07) is 7.36. The Morgan fingerprint density at radius 2 is 1.86 bits per heavy atom. The fourth-order valence-electron chi connectivity index (χ4n) is 1.93. The first-order valence-electron chi connectivity index (χ1n) is 6.13. The first-order valence-corrected chi connectivity index (χ1v) is 6.92. The van der Waals surface area contributed by atoms with Gasteiger partial charge in [0.25, 0.3) is 0 Å². The molecule has 0 spiro atoms. The molecule has 0 bridgehead atoms. The van der Waals surface area contributed by atoms with E-state index < -0.39 is 23.6 Å². The summed E-state index contributed by atoms with van der Waals surface area (Å²) in [7, 11) is 0. The van der Waals surface area contributed by atoms with Crippen LogP contribution in [0.3, 0.4) is 0 Å². The van der Waals surface area contributed by atoms with Gasteiger partial charge in [-0.05, 0) is 43.3 Å². The average Bonchev–Trinajstić information content (AvgIpc) is 2.43. The van der Waals surface area contributed by atoms with E-state index in [2.05, 4.69) is 21.2 Å². The second-order valence-corrected chi connectivity index (χ2v) is 5.45. The second-order valence-electron chi connectivity index (χ2n) is 4.53. The molecule has 0 aliphatic carbocycles. The molecule has 0 amide bonds. The zero-order chi connectivity index (χ0) is 15.6. The van der Waals surface area contributed by atoms with E-state index >= 15 is 0 Å². The molecular formula is C15H12BrF2NO2. The lowest BCUT2D eigenvalue weighted by Crippen LogP contribution is -2.11. The Hall–Kier alpha value is -1.95. The smallest absolute Gasteiger partial charge is 0.335 e. The zero-order valence-electron chi connectivity index (χ0n) is 11.0. The number of carboxylic acids is 1. The predicted molar refractivity (Wildman–Crippen MR) is 79.5 cm³/mol. The van der Waals surface area contributed by atoms with Gasteiger partial charge in [0.1, 0.15) is 11.6 Å². The molecule has 0 saturated carbocycles. The van der Waals surface area contributed by atoms with E-state index in [0.717, 1.165) is 6.07 Å². The van der Waals surface area contributed by atoms with Gasteiger partial charge in [0.05, 0.1) is 17.3 Å². The molecule has 2 N–H and O–H groups in total. The quantitative estimate of drug-likeness (QED) is 0.842. The molecule has 2 aromatic rings. The Morgan fingerprint density at radius 3 is 2.52 bits per heavy atom. The van der Waals surface area contributed by atoms with Crippen molar-refractivity contribution in [3.05, 3.63) is 63.6 Å². The van der Waals surface area contributed by atoms with E-state index in [4.69, 9.17) is 5.11 Å². The van der Waals surface area contributed by atoms with Crippen molar-refractivity contribution < 1.29 is 18.7 Å². The van der Waals surface area contributed by atoms with Crippen LogP contribution < -0.4 is 5.32 Å². The van der Waals surface area contributed by atoms with Gasteiger partial charge in [0.2, 0.25) is 0 Å². The highest BCUT2D eigenvalue weighted by atomic mass is 79.9. The summed E-state index contributed by atoms with van der Waals surface area (Å²) in [6.07, 6.45) is 0. The maximum absolute atomic E-state index is 13.8. The van der Waals surface area contributed by atoms with Gasteiger partial charge in [0, 0.05) is 10.0 Å². The third-order valence-corrected chi connectivity index (χ3v) is 3.50. The number of hydrogen-bond donors (Lipinski definition) is 2. The average molecular weight is 356 g/mol. The van der Waals surface area contributed by atoms with Crippen molar-refractivity contribution in [1.29, 1.82) is 0 Å². The molecule has 21 heavy (non-hydrogen) atoms. The molecule has 0 saturated heterocycles. The number of hydrogen-bond acceptors (Lipinski definition) is 2. The summed E-state index contributed by atoms with van der Waals surface area (Å²) in [5.41, 5.74) is 0.326. The van der Waals surface area contributed by atoms with Crippen LogP contribution in [0.2, 0.25) is 0 Å². The maximum atomic E-state index is 13.8. The molecule has 1 unspecified atom stereocenters. The minimum atomic E-state index is -1.15. The summed E-state index contributed by atoms with van der Waals surface area (Å²) >= 11 is 3.25. The number of rotatable bonds is 4. The summed E-state index contributed by atoms with van der Waals surface area (Å²) in [5, 5.41) is 11.7. The van der Waals surface area contributed by atoms with Crippen molar-refractivity contribution in [2.75, 3.05) is 5.32 Å². The maximum Gasteiger partial charge on any atom is 0.335 e. The van der Waals surface area contributed by atoms with Gasteiger partial charge in [-0.25, -0.2) is 13.6 Å². The molecule has 0 heterocycles. The third kappa shape index (κ3) is 3.58. The van der Waals surface area contributed by atoms with Crippen LogP contribution in [-0.2, 0) is 0 Å². The molecule has 0 radical (unpaired) electrons. The number of aromatic carboxylic acids is 1. The first-order chi connectivity index (χ1) is 9.88. The van der Waals surface area contributed by atoms with Crippen LogP contribution in [0.4, 0.5) is 14.5 Å². The van der Waals surface area contributed by atoms with Gasteiger partial charge in [-0.15, -0.1) is 0 Å². The Morgan fingerprint density at radius 1 is 1.19 bits per heavy atom. The number of benzene rings is 2. The number of anilines is 1. The third-order valence-electron chi connectivity index (χ3n) is 3.01. The first kappa shape index (κ1) is 15.4. The Balaban J connectivity index is 2.31. The molecule has 6 heteroatoms. The fraction of sp³-hybridized carbons (Fsp3) is 0.133. The lowest BCUT2D eigenvalue weighted by Gasteiger charge is -2.17. The standard InChI is InChI=1S/C15H12BrF2NO2/c1-8(11-7-10(16)3-5-12(11)17)19-14-6-9(15(20)21)2-4-13(14)18/h2-8,19H,1H3,(H,20,21). The van der Waals surface area contributed by atoms with E-state index in [0.29, 0.717) is 10.0 Å². The molecule has 2 aromatic carbocycles. The minimum absolute atomic E-state index is 0.0155. The minimum Gasteiger partial charge on any atom is -0.478 e. The van der Waals surface area contributed by atoms with Gasteiger partial charge in [-0.2, -0.15) is 0 Å². The number of carbonyl (C=O) groups is 1. The van der Waals surface area contributed by atoms with Gasteiger partial charge in [-0.1, -0.05) is 15.9 Å². The van der Waals surface area contributed by atoms with Crippen LogP contribution in [0.15, 0.2) is 40.9 Å². The summed E-state index contributed by atoms with van der Waals surface area (Å²) in [6.45, 7) is 1.66. The topological polar surface area (TPSA) is 49.3 Å². The molecule has 0 fully saturated rings. The summed E-state index contributed by atoms with van der Waals surface area (Å²) in [4.78, 5) is 10.9. The molecule has 2 rings (SSSR count). The van der Waals surface area contributed by atoms with E-state index in [1.54, 1.807) is 19.1 Å². The Kier molecular flexibility index (Phi) is 4.57. The van der Waals surface area contributed by atoms with E-state index in [-0.39, 0.29) is 11.3 Å². The molecule has 0 aromatic heterocycles. The molecular weight excluding hydrogens is 344 g/mol. The number of halogens is 3. The molecule has 0 aliphatic heterocycles. The van der Waals surface area contributed by atoms with Crippen molar-refractivity contribution in [2.24, 2.45) is 0 Å². The van der Waals surface area contributed by atoms with Crippen molar-refractivity contribution >= 4 is 27.6 Å². The second kappa shape index (κ2) is 6.22. The van der Waals surface area contributed by atoms with Crippen LogP contribution >= 0.6 is 15.9 Å². The van der Waals surface area contributed by atoms with Crippen LogP contribution in [0.25, 0.3) is 0 Å². The van der Waals surface area contributed by atoms with Crippen molar-refractivity contribution in [3.8, 4) is 0 Å². The van der Waals surface area contributed by atoms with Crippen molar-refractivity contribution in [1.82, 2.24) is 0 Å². The van der Waals surface area contributed by atoms with Crippen LogP contribution in [0.1, 0.15) is 28.9 Å². The van der Waals surface area contributed by atoms with Crippen molar-refractivity contribution in [2.45, 2.75) is 13.0 Å². The predicted octanol–water partition coefficient (Wildman–Crippen LogP) is 4.60. The molecule has 110 valence electrons. The van der Waals surface area contributed by atoms with Crippen LogP contribution in [0, 0.1) is 11.6 Å². The van der Waals surface area contributed by atoms with Gasteiger partial charge < -0.3 is 10.4 Å². The molecule has 1 atom stereocenters. The van der Waals surface area contributed by atoms with Gasteiger partial charge >= 0.3 is 5.97 Å².